The van der Waals surface area contributed by atoms with Gasteiger partial charge in [0, 0.05) is 12.1 Å². The molecule has 2 rings (SSSR count). The third kappa shape index (κ3) is 4.51. The normalized spacial score (nSPS) is 20.3. The molecule has 1 fully saturated rings. The molecule has 1 aromatic rings. The maximum atomic E-state index is 12.4. The molecule has 0 aliphatic heterocycles. The zero-order valence-corrected chi connectivity index (χ0v) is 14.8. The molecule has 1 heterocycles. The van der Waals surface area contributed by atoms with Crippen molar-refractivity contribution in [2.75, 3.05) is 13.1 Å². The van der Waals surface area contributed by atoms with E-state index < -0.39 is 5.97 Å². The van der Waals surface area contributed by atoms with Crippen LogP contribution >= 0.6 is 11.3 Å². The van der Waals surface area contributed by atoms with E-state index in [2.05, 4.69) is 17.2 Å². The molecule has 1 amide bonds. The Hall–Kier alpha value is -1.47. The van der Waals surface area contributed by atoms with Crippen molar-refractivity contribution in [1.82, 2.24) is 15.2 Å². The molecule has 0 radical (unpaired) electrons. The number of hydrogen-bond donors (Lipinski definition) is 2. The van der Waals surface area contributed by atoms with Gasteiger partial charge in [-0.3, -0.25) is 14.5 Å². The Morgan fingerprint density at radius 1 is 1.39 bits per heavy atom. The number of carbonyl (C=O) groups is 2. The number of likely N-dealkylation sites (N-methyl/N-ethyl adjacent to an activating group) is 1. The molecule has 0 atom stereocenters. The number of rotatable bonds is 8. The topological polar surface area (TPSA) is 82.5 Å². The van der Waals surface area contributed by atoms with Crippen LogP contribution in [-0.4, -0.2) is 52.0 Å². The highest BCUT2D eigenvalue weighted by atomic mass is 32.1. The van der Waals surface area contributed by atoms with Crippen molar-refractivity contribution >= 4 is 23.2 Å². The van der Waals surface area contributed by atoms with Gasteiger partial charge in [-0.15, -0.1) is 11.3 Å². The first kappa shape index (κ1) is 17.9. The largest absolute Gasteiger partial charge is 0.480 e. The molecule has 1 aliphatic rings. The minimum Gasteiger partial charge on any atom is -0.480 e. The lowest BCUT2D eigenvalue weighted by molar-refractivity contribution is -0.139. The number of carboxylic acids is 1. The maximum Gasteiger partial charge on any atom is 0.317 e. The highest BCUT2D eigenvalue weighted by Gasteiger charge is 2.35. The van der Waals surface area contributed by atoms with E-state index in [1.54, 1.807) is 0 Å². The lowest BCUT2D eigenvalue weighted by atomic mass is 9.85. The van der Waals surface area contributed by atoms with Gasteiger partial charge in [0.1, 0.15) is 4.88 Å². The van der Waals surface area contributed by atoms with Crippen LogP contribution in [-0.2, 0) is 11.2 Å². The number of amides is 1. The molecule has 1 saturated carbocycles. The average Bonchev–Trinajstić information content (AvgIpc) is 2.81. The number of thiazole rings is 1. The minimum atomic E-state index is -0.803. The second-order valence-corrected chi connectivity index (χ2v) is 7.11. The molecule has 128 valence electrons. The fourth-order valence-electron chi connectivity index (χ4n) is 2.91. The van der Waals surface area contributed by atoms with Crippen molar-refractivity contribution < 1.29 is 14.7 Å². The number of carboxylic acid groups (broad SMARTS) is 1. The smallest absolute Gasteiger partial charge is 0.317 e. The number of carbonyl (C=O) groups excluding carboxylic acids is 1. The van der Waals surface area contributed by atoms with Gasteiger partial charge in [-0.25, -0.2) is 4.98 Å². The summed E-state index contributed by atoms with van der Waals surface area (Å²) in [5, 5.41) is 13.0. The summed E-state index contributed by atoms with van der Waals surface area (Å²) in [6, 6.07) is 0.381. The van der Waals surface area contributed by atoms with Gasteiger partial charge in [0.15, 0.2) is 0 Å². The molecule has 0 bridgehead atoms. The summed E-state index contributed by atoms with van der Waals surface area (Å²) in [6.45, 7) is 6.72. The van der Waals surface area contributed by atoms with E-state index in [0.29, 0.717) is 11.4 Å². The molecule has 1 aromatic heterocycles. The Kier molecular flexibility index (Phi) is 6.12. The molecule has 0 spiro atoms. The van der Waals surface area contributed by atoms with Gasteiger partial charge in [-0.2, -0.15) is 0 Å². The van der Waals surface area contributed by atoms with Crippen LogP contribution in [0.25, 0.3) is 0 Å². The number of aliphatic carboxylic acids is 1. The second kappa shape index (κ2) is 7.88. The molecule has 7 heteroatoms. The van der Waals surface area contributed by atoms with E-state index in [1.807, 2.05) is 18.7 Å². The molecule has 0 aromatic carbocycles. The number of nitrogens with zero attached hydrogens (tertiary/aromatic N) is 2. The monoisotopic (exact) mass is 339 g/mol. The van der Waals surface area contributed by atoms with Crippen molar-refractivity contribution in [3.05, 3.63) is 15.6 Å². The third-order valence-electron chi connectivity index (χ3n) is 4.22. The summed E-state index contributed by atoms with van der Waals surface area (Å²) in [5.74, 6) is -0.852. The fourth-order valence-corrected chi connectivity index (χ4v) is 3.98. The van der Waals surface area contributed by atoms with E-state index >= 15 is 0 Å². The second-order valence-electron chi connectivity index (χ2n) is 6.02. The van der Waals surface area contributed by atoms with Gasteiger partial charge in [-0.1, -0.05) is 13.8 Å². The molecule has 2 N–H and O–H groups in total. The van der Waals surface area contributed by atoms with Gasteiger partial charge in [0.05, 0.1) is 17.2 Å². The number of hydrogen-bond acceptors (Lipinski definition) is 5. The van der Waals surface area contributed by atoms with Crippen LogP contribution < -0.4 is 5.32 Å². The molecule has 1 aliphatic carbocycles. The molecule has 6 nitrogen and oxygen atoms in total. The standard InChI is InChI=1S/C16H25N3O3S/c1-4-6-13-17-10(3)15(23-13)16(22)18-11-7-12(8-11)19(5-2)9-14(20)21/h11-12H,4-9H2,1-3H3,(H,18,22)(H,20,21). The Morgan fingerprint density at radius 2 is 2.09 bits per heavy atom. The van der Waals surface area contributed by atoms with Gasteiger partial charge in [0.25, 0.3) is 5.91 Å². The van der Waals surface area contributed by atoms with Crippen LogP contribution in [0.5, 0.6) is 0 Å². The van der Waals surface area contributed by atoms with Crippen LogP contribution in [0.2, 0.25) is 0 Å². The van der Waals surface area contributed by atoms with Gasteiger partial charge < -0.3 is 10.4 Å². The van der Waals surface area contributed by atoms with Gasteiger partial charge >= 0.3 is 5.97 Å². The number of nitrogens with one attached hydrogen (secondary N) is 1. The van der Waals surface area contributed by atoms with Crippen LogP contribution in [0.4, 0.5) is 0 Å². The highest BCUT2D eigenvalue weighted by Crippen LogP contribution is 2.27. The van der Waals surface area contributed by atoms with Crippen molar-refractivity contribution in [3.63, 3.8) is 0 Å². The minimum absolute atomic E-state index is 0.0490. The van der Waals surface area contributed by atoms with Crippen LogP contribution in [0.3, 0.4) is 0 Å². The van der Waals surface area contributed by atoms with Gasteiger partial charge in [0.2, 0.25) is 0 Å². The Labute approximate surface area is 140 Å². The van der Waals surface area contributed by atoms with E-state index in [1.165, 1.54) is 11.3 Å². The Balaban J connectivity index is 1.85. The SMILES string of the molecule is CCCc1nc(C)c(C(=O)NC2CC(N(CC)CC(=O)O)C2)s1. The van der Waals surface area contributed by atoms with Crippen molar-refractivity contribution in [1.29, 1.82) is 0 Å². The molecule has 0 saturated heterocycles. The fraction of sp³-hybridized carbons (Fsp3) is 0.688. The summed E-state index contributed by atoms with van der Waals surface area (Å²) in [7, 11) is 0. The number of aromatic nitrogens is 1. The van der Waals surface area contributed by atoms with E-state index in [9.17, 15) is 9.59 Å². The number of aryl methyl sites for hydroxylation is 2. The highest BCUT2D eigenvalue weighted by molar-refractivity contribution is 7.13. The summed E-state index contributed by atoms with van der Waals surface area (Å²) in [6.07, 6.45) is 3.55. The predicted octanol–water partition coefficient (Wildman–Crippen LogP) is 2.07. The zero-order valence-electron chi connectivity index (χ0n) is 14.0. The zero-order chi connectivity index (χ0) is 17.0. The lowest BCUT2D eigenvalue weighted by Gasteiger charge is -2.42. The van der Waals surface area contributed by atoms with E-state index in [4.69, 9.17) is 5.11 Å². The maximum absolute atomic E-state index is 12.4. The first-order valence-electron chi connectivity index (χ1n) is 8.17. The summed E-state index contributed by atoms with van der Waals surface area (Å²) in [4.78, 5) is 30.3. The molecule has 23 heavy (non-hydrogen) atoms. The van der Waals surface area contributed by atoms with Crippen molar-refractivity contribution in [3.8, 4) is 0 Å². The first-order valence-corrected chi connectivity index (χ1v) is 8.99. The molecular formula is C16H25N3O3S. The van der Waals surface area contributed by atoms with Crippen LogP contribution in [0.15, 0.2) is 0 Å². The van der Waals surface area contributed by atoms with E-state index in [0.717, 1.165) is 36.4 Å². The van der Waals surface area contributed by atoms with Gasteiger partial charge in [-0.05, 0) is 39.2 Å². The van der Waals surface area contributed by atoms with E-state index in [-0.39, 0.29) is 24.5 Å². The van der Waals surface area contributed by atoms with Crippen LogP contribution in [0, 0.1) is 6.92 Å². The average molecular weight is 339 g/mol. The predicted molar refractivity (Wildman–Crippen MR) is 90.0 cm³/mol. The summed E-state index contributed by atoms with van der Waals surface area (Å²) < 4.78 is 0. The molecular weight excluding hydrogens is 314 g/mol. The Morgan fingerprint density at radius 3 is 2.65 bits per heavy atom. The quantitative estimate of drug-likeness (QED) is 0.758. The summed E-state index contributed by atoms with van der Waals surface area (Å²) in [5.41, 5.74) is 0.799. The summed E-state index contributed by atoms with van der Waals surface area (Å²) >= 11 is 1.48. The van der Waals surface area contributed by atoms with Crippen molar-refractivity contribution in [2.24, 2.45) is 0 Å². The third-order valence-corrected chi connectivity index (χ3v) is 5.44. The first-order chi connectivity index (χ1) is 10.9. The van der Waals surface area contributed by atoms with Crippen molar-refractivity contribution in [2.45, 2.75) is 58.5 Å². The van der Waals surface area contributed by atoms with Crippen LogP contribution in [0.1, 0.15) is 53.5 Å². The lowest BCUT2D eigenvalue weighted by Crippen LogP contribution is -2.54. The Bertz CT molecular complexity index is 567. The molecule has 0 unspecified atom stereocenters.